The summed E-state index contributed by atoms with van der Waals surface area (Å²) in [6.07, 6.45) is 1.74. The maximum atomic E-state index is 9.34. The molecule has 0 spiro atoms. The second-order valence-corrected chi connectivity index (χ2v) is 4.42. The average molecular weight is 330 g/mol. The Balaban J connectivity index is 0. The van der Waals surface area contributed by atoms with Gasteiger partial charge in [-0.3, -0.25) is 0 Å². The molecule has 1 aliphatic rings. The molecule has 0 amide bonds. The lowest BCUT2D eigenvalue weighted by Gasteiger charge is -2.25. The minimum absolute atomic E-state index is 0. The van der Waals surface area contributed by atoms with Crippen molar-refractivity contribution in [2.24, 2.45) is 0 Å². The molecular weight excluding hydrogens is 310 g/mol. The van der Waals surface area contributed by atoms with Gasteiger partial charge in [0, 0.05) is 5.56 Å². The Kier molecular flexibility index (Phi) is 9.85. The van der Waals surface area contributed by atoms with Gasteiger partial charge in [0.05, 0.1) is 12.7 Å². The van der Waals surface area contributed by atoms with Crippen LogP contribution in [0.5, 0.6) is 5.88 Å². The molecule has 0 saturated carbocycles. The highest BCUT2D eigenvalue weighted by Gasteiger charge is 2.26. The number of nitrogens with one attached hydrogen (secondary N) is 1. The third-order valence-electron chi connectivity index (χ3n) is 3.40. The summed E-state index contributed by atoms with van der Waals surface area (Å²) in [6.45, 7) is 1.73. The number of rotatable bonds is 2. The summed E-state index contributed by atoms with van der Waals surface area (Å²) in [5, 5.41) is 21.9. The number of hydrogen-bond donors (Lipinski definition) is 2. The first-order chi connectivity index (χ1) is 9.22. The quantitative estimate of drug-likeness (QED) is 0.750. The zero-order chi connectivity index (χ0) is 13.8. The van der Waals surface area contributed by atoms with Crippen LogP contribution in [0.25, 0.3) is 0 Å². The van der Waals surface area contributed by atoms with E-state index in [4.69, 9.17) is 10.5 Å². The molecule has 7 N–H and O–H groups in total. The van der Waals surface area contributed by atoms with Crippen molar-refractivity contribution >= 4 is 18.2 Å². The molecule has 1 fully saturated rings. The lowest BCUT2D eigenvalue weighted by Crippen LogP contribution is -2.27. The Morgan fingerprint density at radius 1 is 1.18 bits per heavy atom. The number of nitrogen functional groups attached to an aromatic ring is 1. The van der Waals surface area contributed by atoms with Crippen molar-refractivity contribution < 1.29 is 15.7 Å². The van der Waals surface area contributed by atoms with Crippen molar-refractivity contribution in [3.63, 3.8) is 0 Å². The van der Waals surface area contributed by atoms with Crippen molar-refractivity contribution in [1.82, 2.24) is 10.3 Å². The number of ether oxygens (including phenoxy) is 1. The number of anilines is 1. The maximum absolute atomic E-state index is 9.34. The van der Waals surface area contributed by atoms with Crippen molar-refractivity contribution in [2.75, 3.05) is 25.9 Å². The molecule has 0 aromatic carbocycles. The Morgan fingerprint density at radius 2 is 1.73 bits per heavy atom. The minimum atomic E-state index is 0. The number of hydrogen-bond acceptors (Lipinski definition) is 6. The highest BCUT2D eigenvalue weighted by atomic mass is 35.5. The van der Waals surface area contributed by atoms with E-state index in [1.54, 1.807) is 0 Å². The number of methoxy groups -OCH3 is 1. The number of pyridine rings is 1. The van der Waals surface area contributed by atoms with Gasteiger partial charge in [0.15, 0.2) is 0 Å². The molecule has 1 aliphatic heterocycles. The number of nitriles is 2. The molecule has 122 valence electrons. The summed E-state index contributed by atoms with van der Waals surface area (Å²) >= 11 is 0. The third-order valence-corrected chi connectivity index (χ3v) is 3.40. The van der Waals surface area contributed by atoms with Gasteiger partial charge < -0.3 is 26.7 Å². The van der Waals surface area contributed by atoms with Crippen LogP contribution in [0.3, 0.4) is 0 Å². The van der Waals surface area contributed by atoms with Gasteiger partial charge >= 0.3 is 0 Å². The topological polar surface area (TPSA) is 171 Å². The number of nitrogens with two attached hydrogens (primary N) is 1. The van der Waals surface area contributed by atoms with Gasteiger partial charge in [-0.1, -0.05) is 0 Å². The Morgan fingerprint density at radius 3 is 2.18 bits per heavy atom. The van der Waals surface area contributed by atoms with Crippen LogP contribution >= 0.6 is 12.4 Å². The molecule has 0 bridgehead atoms. The Labute approximate surface area is 134 Å². The first-order valence-electron chi connectivity index (χ1n) is 6.11. The summed E-state index contributed by atoms with van der Waals surface area (Å²) in [5.41, 5.74) is 7.13. The summed E-state index contributed by atoms with van der Waals surface area (Å²) in [5.74, 6) is 0.476. The zero-order valence-corrected chi connectivity index (χ0v) is 13.0. The van der Waals surface area contributed by atoms with Crippen molar-refractivity contribution in [3.05, 3.63) is 16.7 Å². The summed E-state index contributed by atoms with van der Waals surface area (Å²) < 4.78 is 5.11. The van der Waals surface area contributed by atoms with E-state index in [0.29, 0.717) is 16.7 Å². The smallest absolute Gasteiger partial charge is 0.233 e. The van der Waals surface area contributed by atoms with Gasteiger partial charge in [-0.25, -0.2) is 0 Å². The molecule has 0 atom stereocenters. The zero-order valence-electron chi connectivity index (χ0n) is 12.1. The van der Waals surface area contributed by atoms with Gasteiger partial charge in [-0.2, -0.15) is 15.5 Å². The van der Waals surface area contributed by atoms with E-state index in [1.165, 1.54) is 7.11 Å². The second-order valence-electron chi connectivity index (χ2n) is 4.42. The van der Waals surface area contributed by atoms with Gasteiger partial charge in [-0.15, -0.1) is 12.4 Å². The summed E-state index contributed by atoms with van der Waals surface area (Å²) in [4.78, 5) is 3.98. The van der Waals surface area contributed by atoms with Crippen molar-refractivity contribution in [2.45, 2.75) is 18.8 Å². The van der Waals surface area contributed by atoms with Crippen LogP contribution in [0, 0.1) is 22.7 Å². The van der Waals surface area contributed by atoms with E-state index < -0.39 is 0 Å². The molecule has 9 heteroatoms. The van der Waals surface area contributed by atoms with Crippen LogP contribution in [0.4, 0.5) is 5.82 Å². The molecule has 1 aromatic rings. The van der Waals surface area contributed by atoms with E-state index in [-0.39, 0.29) is 41.0 Å². The van der Waals surface area contributed by atoms with Crippen LogP contribution < -0.4 is 15.8 Å². The molecule has 8 nitrogen and oxygen atoms in total. The van der Waals surface area contributed by atoms with Crippen LogP contribution in [-0.4, -0.2) is 36.1 Å². The van der Waals surface area contributed by atoms with E-state index in [2.05, 4.69) is 22.4 Å². The van der Waals surface area contributed by atoms with Gasteiger partial charge in [0.1, 0.15) is 23.5 Å². The fourth-order valence-corrected chi connectivity index (χ4v) is 2.49. The molecule has 2 heterocycles. The molecule has 2 rings (SSSR count). The van der Waals surface area contributed by atoms with Crippen molar-refractivity contribution in [3.8, 4) is 18.0 Å². The lowest BCUT2D eigenvalue weighted by molar-refractivity contribution is 0.393. The number of piperidine rings is 1. The predicted octanol–water partition coefficient (Wildman–Crippen LogP) is -0.345. The number of nitrogens with zero attached hydrogens (tertiary/aromatic N) is 3. The minimum Gasteiger partial charge on any atom is -0.480 e. The summed E-state index contributed by atoms with van der Waals surface area (Å²) in [7, 11) is 1.45. The largest absolute Gasteiger partial charge is 0.480 e. The first-order valence-corrected chi connectivity index (χ1v) is 6.11. The lowest BCUT2D eigenvalue weighted by atomic mass is 9.85. The molecule has 0 unspecified atom stereocenters. The molecule has 1 saturated heterocycles. The summed E-state index contributed by atoms with van der Waals surface area (Å²) in [6, 6.07) is 4.17. The van der Waals surface area contributed by atoms with Gasteiger partial charge in [0.25, 0.3) is 0 Å². The average Bonchev–Trinajstić information content (AvgIpc) is 2.46. The van der Waals surface area contributed by atoms with Gasteiger partial charge in [0.2, 0.25) is 5.88 Å². The molecule has 0 aliphatic carbocycles. The first kappa shape index (κ1) is 22.2. The van der Waals surface area contributed by atoms with E-state index in [0.717, 1.165) is 25.9 Å². The molecular formula is C13H20ClN5O3. The third kappa shape index (κ3) is 3.97. The predicted molar refractivity (Wildman–Crippen MR) is 84.0 cm³/mol. The van der Waals surface area contributed by atoms with E-state index in [1.807, 2.05) is 0 Å². The van der Waals surface area contributed by atoms with Crippen molar-refractivity contribution in [1.29, 1.82) is 10.5 Å². The maximum Gasteiger partial charge on any atom is 0.233 e. The van der Waals surface area contributed by atoms with E-state index in [9.17, 15) is 10.5 Å². The molecule has 22 heavy (non-hydrogen) atoms. The van der Waals surface area contributed by atoms with Crippen LogP contribution in [-0.2, 0) is 0 Å². The Bertz CT molecular complexity index is 577. The fourth-order valence-electron chi connectivity index (χ4n) is 2.49. The standard InChI is InChI=1S/C13H15N5O.ClH.2H2O/c1-19-13-10(7-15)11(8-2-4-17-5-3-8)9(6-14)12(16)18-13;;;/h8,17H,2-5H2,1H3,(H2,16,18);1H;2*1H2. The van der Waals surface area contributed by atoms with Gasteiger partial charge in [-0.05, 0) is 31.8 Å². The Hall–Kier alpha value is -2.10. The molecule has 0 radical (unpaired) electrons. The highest BCUT2D eigenvalue weighted by molar-refractivity contribution is 5.85. The number of halogens is 1. The fraction of sp³-hybridized carbons (Fsp3) is 0.462. The molecule has 1 aromatic heterocycles. The second kappa shape index (κ2) is 9.77. The normalized spacial score (nSPS) is 13.4. The van der Waals surface area contributed by atoms with Crippen LogP contribution in [0.2, 0.25) is 0 Å². The van der Waals surface area contributed by atoms with E-state index >= 15 is 0 Å². The van der Waals surface area contributed by atoms with Crippen LogP contribution in [0.1, 0.15) is 35.4 Å². The van der Waals surface area contributed by atoms with Crippen LogP contribution in [0.15, 0.2) is 0 Å². The SMILES string of the molecule is COc1nc(N)c(C#N)c(C2CCNCC2)c1C#N.Cl.O.O. The number of aromatic nitrogens is 1. The monoisotopic (exact) mass is 329 g/mol. The highest BCUT2D eigenvalue weighted by Crippen LogP contribution is 2.36.